The van der Waals surface area contributed by atoms with Gasteiger partial charge in [-0.05, 0) is 19.8 Å². The minimum atomic E-state index is -0.709. The summed E-state index contributed by atoms with van der Waals surface area (Å²) in [5.41, 5.74) is 0. The Labute approximate surface area is 89.4 Å². The number of hydrogen-bond donors (Lipinski definition) is 2. The number of aliphatic hydroxyl groups excluding tert-OH is 1. The van der Waals surface area contributed by atoms with Crippen molar-refractivity contribution in [3.63, 3.8) is 0 Å². The second-order valence-electron chi connectivity index (χ2n) is 3.92. The van der Waals surface area contributed by atoms with Crippen LogP contribution in [-0.4, -0.2) is 54.0 Å². The van der Waals surface area contributed by atoms with Gasteiger partial charge in [0.2, 0.25) is 0 Å². The first-order valence-electron chi connectivity index (χ1n) is 5.25. The van der Waals surface area contributed by atoms with Crippen LogP contribution in [0.4, 0.5) is 0 Å². The average molecular weight is 214 g/mol. The highest BCUT2D eigenvalue weighted by Gasteiger charge is 2.24. The number of carbonyl (C=O) groups excluding carboxylic acids is 2. The van der Waals surface area contributed by atoms with E-state index >= 15 is 0 Å². The largest absolute Gasteiger partial charge is 0.391 e. The van der Waals surface area contributed by atoms with Gasteiger partial charge in [-0.2, -0.15) is 0 Å². The van der Waals surface area contributed by atoms with Crippen molar-refractivity contribution in [2.45, 2.75) is 38.0 Å². The summed E-state index contributed by atoms with van der Waals surface area (Å²) < 4.78 is 0. The van der Waals surface area contributed by atoms with E-state index in [1.54, 1.807) is 6.92 Å². The van der Waals surface area contributed by atoms with E-state index in [0.29, 0.717) is 13.0 Å². The maximum atomic E-state index is 10.7. The van der Waals surface area contributed by atoms with Crippen molar-refractivity contribution in [1.82, 2.24) is 10.2 Å². The third kappa shape index (κ3) is 3.37. The third-order valence-electron chi connectivity index (χ3n) is 2.77. The van der Waals surface area contributed by atoms with Crippen molar-refractivity contribution in [3.8, 4) is 0 Å². The van der Waals surface area contributed by atoms with Gasteiger partial charge in [-0.3, -0.25) is 10.2 Å². The maximum Gasteiger partial charge on any atom is 0.139 e. The van der Waals surface area contributed by atoms with Crippen LogP contribution >= 0.6 is 0 Å². The molecule has 0 radical (unpaired) electrons. The fraction of sp³-hybridized carbons (Fsp3) is 0.800. The zero-order valence-corrected chi connectivity index (χ0v) is 8.93. The monoisotopic (exact) mass is 214 g/mol. The number of likely N-dealkylation sites (tertiary alicyclic amines) is 1. The summed E-state index contributed by atoms with van der Waals surface area (Å²) in [5.74, 6) is 0. The molecule has 1 rings (SSSR count). The Kier molecular flexibility index (Phi) is 4.87. The van der Waals surface area contributed by atoms with Crippen LogP contribution in [0.2, 0.25) is 0 Å². The highest BCUT2D eigenvalue weighted by molar-refractivity contribution is 5.59. The first-order valence-corrected chi connectivity index (χ1v) is 5.25. The van der Waals surface area contributed by atoms with Crippen molar-refractivity contribution in [3.05, 3.63) is 0 Å². The molecule has 0 bridgehead atoms. The number of rotatable bonds is 6. The second-order valence-corrected chi connectivity index (χ2v) is 3.92. The number of hydrogen-bond acceptors (Lipinski definition) is 5. The van der Waals surface area contributed by atoms with E-state index in [0.717, 1.165) is 25.7 Å². The highest BCUT2D eigenvalue weighted by Crippen LogP contribution is 2.13. The first kappa shape index (κ1) is 12.3. The van der Waals surface area contributed by atoms with Gasteiger partial charge in [0.15, 0.2) is 0 Å². The fourth-order valence-electron chi connectivity index (χ4n) is 1.76. The molecule has 1 saturated heterocycles. The summed E-state index contributed by atoms with van der Waals surface area (Å²) >= 11 is 0. The van der Waals surface area contributed by atoms with Crippen molar-refractivity contribution in [1.29, 1.82) is 0 Å². The highest BCUT2D eigenvalue weighted by atomic mass is 16.3. The predicted octanol–water partition coefficient (Wildman–Crippen LogP) is -0.855. The predicted molar refractivity (Wildman–Crippen MR) is 55.3 cm³/mol. The zero-order chi connectivity index (χ0) is 11.3. The smallest absolute Gasteiger partial charge is 0.139 e. The summed E-state index contributed by atoms with van der Waals surface area (Å²) in [6.45, 7) is 2.90. The topological polar surface area (TPSA) is 69.6 Å². The fourth-order valence-corrected chi connectivity index (χ4v) is 1.76. The standard InChI is InChI=1S/C10H18N2O3/c1-8(15)10(6-14)11-7-12-4-2-3-9(12)5-13/h5-6,8-11,15H,2-4,7H2,1H3/t8-,9+,10-/m1/s1. The average Bonchev–Trinajstić information content (AvgIpc) is 2.65. The Morgan fingerprint density at radius 2 is 2.33 bits per heavy atom. The van der Waals surface area contributed by atoms with Gasteiger partial charge in [-0.1, -0.05) is 0 Å². The lowest BCUT2D eigenvalue weighted by Crippen LogP contribution is -2.47. The van der Waals surface area contributed by atoms with E-state index in [1.807, 2.05) is 4.90 Å². The van der Waals surface area contributed by atoms with Crippen molar-refractivity contribution >= 4 is 12.6 Å². The molecule has 3 atom stereocenters. The Bertz CT molecular complexity index is 221. The van der Waals surface area contributed by atoms with Gasteiger partial charge in [0.05, 0.1) is 18.2 Å². The number of carbonyl (C=O) groups is 2. The van der Waals surface area contributed by atoms with Crippen molar-refractivity contribution < 1.29 is 14.7 Å². The number of nitrogens with zero attached hydrogens (tertiary/aromatic N) is 1. The SMILES string of the molecule is C[C@@H](O)[C@@H](C=O)NCN1CCC[C@H]1C=O. The molecule has 1 aliphatic rings. The number of nitrogens with one attached hydrogen (secondary N) is 1. The lowest BCUT2D eigenvalue weighted by molar-refractivity contribution is -0.112. The van der Waals surface area contributed by atoms with E-state index in [9.17, 15) is 14.7 Å². The van der Waals surface area contributed by atoms with Gasteiger partial charge in [0.1, 0.15) is 12.6 Å². The normalized spacial score (nSPS) is 26.1. The van der Waals surface area contributed by atoms with Crippen molar-refractivity contribution in [2.24, 2.45) is 0 Å². The maximum absolute atomic E-state index is 10.7. The van der Waals surface area contributed by atoms with Gasteiger partial charge in [0.25, 0.3) is 0 Å². The van der Waals surface area contributed by atoms with Crippen LogP contribution in [-0.2, 0) is 9.59 Å². The molecule has 86 valence electrons. The lowest BCUT2D eigenvalue weighted by atomic mass is 10.2. The number of aldehydes is 2. The molecule has 0 aromatic heterocycles. The molecule has 0 saturated carbocycles. The van der Waals surface area contributed by atoms with Gasteiger partial charge in [-0.15, -0.1) is 0 Å². The minimum Gasteiger partial charge on any atom is -0.391 e. The quantitative estimate of drug-likeness (QED) is 0.563. The Morgan fingerprint density at radius 1 is 1.60 bits per heavy atom. The van der Waals surface area contributed by atoms with E-state index in [1.165, 1.54) is 0 Å². The summed E-state index contributed by atoms with van der Waals surface area (Å²) in [6.07, 6.45) is 2.81. The van der Waals surface area contributed by atoms with Gasteiger partial charge >= 0.3 is 0 Å². The molecule has 2 N–H and O–H groups in total. The molecule has 0 aliphatic carbocycles. The van der Waals surface area contributed by atoms with Gasteiger partial charge < -0.3 is 14.7 Å². The molecular weight excluding hydrogens is 196 g/mol. The molecule has 5 nitrogen and oxygen atoms in total. The van der Waals surface area contributed by atoms with Crippen LogP contribution in [0.25, 0.3) is 0 Å². The molecule has 1 aliphatic heterocycles. The molecule has 5 heteroatoms. The van der Waals surface area contributed by atoms with Gasteiger partial charge in [-0.25, -0.2) is 0 Å². The van der Waals surface area contributed by atoms with Gasteiger partial charge in [0, 0.05) is 13.2 Å². The number of aliphatic hydroxyl groups is 1. The van der Waals surface area contributed by atoms with E-state index in [2.05, 4.69) is 5.32 Å². The molecule has 0 aromatic rings. The summed E-state index contributed by atoms with van der Waals surface area (Å²) in [6, 6.07) is -0.600. The molecule has 0 aromatic carbocycles. The Balaban J connectivity index is 2.35. The van der Waals surface area contributed by atoms with E-state index < -0.39 is 12.1 Å². The van der Waals surface area contributed by atoms with E-state index in [-0.39, 0.29) is 6.04 Å². The molecule has 15 heavy (non-hydrogen) atoms. The first-order chi connectivity index (χ1) is 7.19. The Hall–Kier alpha value is -0.780. The van der Waals surface area contributed by atoms with Crippen LogP contribution in [0.5, 0.6) is 0 Å². The lowest BCUT2D eigenvalue weighted by Gasteiger charge is -2.23. The van der Waals surface area contributed by atoms with Crippen LogP contribution in [0.15, 0.2) is 0 Å². The Morgan fingerprint density at radius 3 is 2.87 bits per heavy atom. The van der Waals surface area contributed by atoms with Crippen LogP contribution < -0.4 is 5.32 Å². The second kappa shape index (κ2) is 5.95. The molecule has 1 heterocycles. The van der Waals surface area contributed by atoms with Crippen LogP contribution in [0.3, 0.4) is 0 Å². The van der Waals surface area contributed by atoms with E-state index in [4.69, 9.17) is 0 Å². The third-order valence-corrected chi connectivity index (χ3v) is 2.77. The summed E-state index contributed by atoms with van der Waals surface area (Å²) in [5, 5.41) is 12.2. The zero-order valence-electron chi connectivity index (χ0n) is 8.93. The molecule has 0 unspecified atom stereocenters. The van der Waals surface area contributed by atoms with Crippen LogP contribution in [0, 0.1) is 0 Å². The van der Waals surface area contributed by atoms with Crippen LogP contribution in [0.1, 0.15) is 19.8 Å². The summed E-state index contributed by atoms with van der Waals surface area (Å²) in [7, 11) is 0. The minimum absolute atomic E-state index is 0.0428. The molecule has 1 fully saturated rings. The molecule has 0 amide bonds. The van der Waals surface area contributed by atoms with Crippen molar-refractivity contribution in [2.75, 3.05) is 13.2 Å². The summed E-state index contributed by atoms with van der Waals surface area (Å²) in [4.78, 5) is 23.2. The molecular formula is C10H18N2O3. The molecule has 0 spiro atoms.